The molecule has 0 unspecified atom stereocenters. The molecular weight excluding hydrogens is 386 g/mol. The summed E-state index contributed by atoms with van der Waals surface area (Å²) in [4.78, 5) is 14.7. The molecule has 0 saturated heterocycles. The predicted molar refractivity (Wildman–Crippen MR) is 98.2 cm³/mol. The molecule has 0 saturated carbocycles. The minimum absolute atomic E-state index is 0.102. The molecule has 0 aliphatic carbocycles. The van der Waals surface area contributed by atoms with Gasteiger partial charge in [-0.15, -0.1) is 0 Å². The van der Waals surface area contributed by atoms with Gasteiger partial charge in [-0.05, 0) is 29.7 Å². The van der Waals surface area contributed by atoms with E-state index < -0.39 is 6.09 Å². The molecular formula is C18H18BrN3O3. The smallest absolute Gasteiger partial charge is 0.423 e. The molecule has 25 heavy (non-hydrogen) atoms. The molecule has 0 aliphatic heterocycles. The highest BCUT2D eigenvalue weighted by Gasteiger charge is 2.20. The van der Waals surface area contributed by atoms with E-state index in [0.717, 1.165) is 36.7 Å². The van der Waals surface area contributed by atoms with Gasteiger partial charge in [-0.2, -0.15) is 0 Å². The van der Waals surface area contributed by atoms with Crippen LogP contribution in [0, 0.1) is 0 Å². The van der Waals surface area contributed by atoms with Crippen molar-refractivity contribution in [1.29, 1.82) is 0 Å². The molecule has 0 spiro atoms. The first kappa shape index (κ1) is 17.5. The van der Waals surface area contributed by atoms with E-state index in [1.165, 1.54) is 0 Å². The van der Waals surface area contributed by atoms with E-state index in [-0.39, 0.29) is 13.1 Å². The Bertz CT molecular complexity index is 866. The van der Waals surface area contributed by atoms with Gasteiger partial charge >= 0.3 is 6.09 Å². The van der Waals surface area contributed by atoms with E-state index in [9.17, 15) is 15.1 Å². The summed E-state index contributed by atoms with van der Waals surface area (Å²) in [6.45, 7) is 0.248. The monoisotopic (exact) mass is 403 g/mol. The van der Waals surface area contributed by atoms with Gasteiger partial charge in [-0.25, -0.2) is 9.80 Å². The highest BCUT2D eigenvalue weighted by atomic mass is 79.9. The highest BCUT2D eigenvalue weighted by molar-refractivity contribution is 9.10. The average molecular weight is 404 g/mol. The molecule has 1 amide bonds. The molecule has 1 heterocycles. The maximum atomic E-state index is 11.5. The summed E-state index contributed by atoms with van der Waals surface area (Å²) in [6.07, 6.45) is 1.15. The Morgan fingerprint density at radius 3 is 2.60 bits per heavy atom. The summed E-state index contributed by atoms with van der Waals surface area (Å²) in [7, 11) is 0. The van der Waals surface area contributed by atoms with Crippen LogP contribution >= 0.6 is 15.9 Å². The number of nitrogens with zero attached hydrogens (tertiary/aromatic N) is 2. The number of hydrogen-bond acceptors (Lipinski definition) is 3. The van der Waals surface area contributed by atoms with Crippen LogP contribution in [0.5, 0.6) is 0 Å². The minimum Gasteiger partial charge on any atom is -0.464 e. The molecule has 0 fully saturated rings. The lowest BCUT2D eigenvalue weighted by atomic mass is 10.1. The standard InChI is InChI=1S/C18H18BrN3O3/c19-15-7-4-8-16-17(15)14(11-20-16)9-10-21(18(23)24)22(25)12-13-5-2-1-3-6-13/h1-8,11,20,25H,9-10,12H2,(H,23,24). The van der Waals surface area contributed by atoms with Crippen molar-refractivity contribution in [2.24, 2.45) is 0 Å². The molecule has 3 N–H and O–H groups in total. The summed E-state index contributed by atoms with van der Waals surface area (Å²) >= 11 is 3.53. The first-order valence-electron chi connectivity index (χ1n) is 7.81. The van der Waals surface area contributed by atoms with Gasteiger partial charge in [0.1, 0.15) is 0 Å². The van der Waals surface area contributed by atoms with Crippen LogP contribution in [-0.2, 0) is 13.0 Å². The number of rotatable bonds is 6. The van der Waals surface area contributed by atoms with Gasteiger partial charge in [-0.3, -0.25) is 5.21 Å². The number of nitrogens with one attached hydrogen (secondary N) is 1. The number of fused-ring (bicyclic) bond motifs is 1. The van der Waals surface area contributed by atoms with Crippen molar-refractivity contribution >= 4 is 32.9 Å². The quantitative estimate of drug-likeness (QED) is 0.537. The summed E-state index contributed by atoms with van der Waals surface area (Å²) in [6, 6.07) is 15.1. The van der Waals surface area contributed by atoms with Crippen molar-refractivity contribution in [3.05, 3.63) is 70.3 Å². The second-order valence-corrected chi connectivity index (χ2v) is 6.50. The number of carboxylic acid groups (broad SMARTS) is 1. The normalized spacial score (nSPS) is 11.2. The fourth-order valence-corrected chi connectivity index (χ4v) is 3.39. The number of aromatic nitrogens is 1. The van der Waals surface area contributed by atoms with Gasteiger partial charge < -0.3 is 10.1 Å². The van der Waals surface area contributed by atoms with Gasteiger partial charge in [0.25, 0.3) is 0 Å². The van der Waals surface area contributed by atoms with Crippen molar-refractivity contribution in [3.63, 3.8) is 0 Å². The van der Waals surface area contributed by atoms with Crippen LogP contribution < -0.4 is 0 Å². The molecule has 6 nitrogen and oxygen atoms in total. The first-order valence-corrected chi connectivity index (χ1v) is 8.60. The van der Waals surface area contributed by atoms with Crippen LogP contribution in [0.25, 0.3) is 10.9 Å². The van der Waals surface area contributed by atoms with Gasteiger partial charge in [0.2, 0.25) is 0 Å². The maximum absolute atomic E-state index is 11.5. The third kappa shape index (κ3) is 4.01. The molecule has 0 bridgehead atoms. The number of halogens is 1. The molecule has 0 atom stereocenters. The van der Waals surface area contributed by atoms with Crippen molar-refractivity contribution in [3.8, 4) is 0 Å². The van der Waals surface area contributed by atoms with E-state index in [0.29, 0.717) is 6.42 Å². The first-order chi connectivity index (χ1) is 12.1. The fourth-order valence-electron chi connectivity index (χ4n) is 2.77. The van der Waals surface area contributed by atoms with Gasteiger partial charge in [-0.1, -0.05) is 57.5 Å². The molecule has 0 aliphatic rings. The highest BCUT2D eigenvalue weighted by Crippen LogP contribution is 2.27. The van der Waals surface area contributed by atoms with Crippen LogP contribution in [0.2, 0.25) is 0 Å². The molecule has 1 aromatic heterocycles. The minimum atomic E-state index is -1.20. The van der Waals surface area contributed by atoms with Crippen molar-refractivity contribution in [1.82, 2.24) is 15.2 Å². The Kier molecular flexibility index (Phi) is 5.37. The number of hydrogen-bond donors (Lipinski definition) is 3. The maximum Gasteiger partial charge on any atom is 0.423 e. The Hall–Kier alpha value is -2.35. The largest absolute Gasteiger partial charge is 0.464 e. The molecule has 3 rings (SSSR count). The number of H-pyrrole nitrogens is 1. The van der Waals surface area contributed by atoms with Crippen molar-refractivity contribution in [2.45, 2.75) is 13.0 Å². The van der Waals surface area contributed by atoms with Crippen LogP contribution in [0.1, 0.15) is 11.1 Å². The summed E-state index contributed by atoms with van der Waals surface area (Å²) in [5, 5.41) is 22.3. The van der Waals surface area contributed by atoms with E-state index in [4.69, 9.17) is 0 Å². The number of aromatic amines is 1. The van der Waals surface area contributed by atoms with Gasteiger partial charge in [0.15, 0.2) is 0 Å². The van der Waals surface area contributed by atoms with Crippen LogP contribution in [0.15, 0.2) is 59.2 Å². The topological polar surface area (TPSA) is 79.8 Å². The Balaban J connectivity index is 1.72. The molecule has 3 aromatic rings. The Morgan fingerprint density at radius 2 is 1.88 bits per heavy atom. The van der Waals surface area contributed by atoms with Crippen LogP contribution in [0.3, 0.4) is 0 Å². The zero-order chi connectivity index (χ0) is 17.8. The third-order valence-electron chi connectivity index (χ3n) is 4.00. The Morgan fingerprint density at radius 1 is 1.12 bits per heavy atom. The number of hydrazine groups is 1. The van der Waals surface area contributed by atoms with Gasteiger partial charge in [0.05, 0.1) is 6.54 Å². The van der Waals surface area contributed by atoms with E-state index >= 15 is 0 Å². The zero-order valence-corrected chi connectivity index (χ0v) is 15.0. The summed E-state index contributed by atoms with van der Waals surface area (Å²) in [5.41, 5.74) is 2.80. The molecule has 0 radical (unpaired) electrons. The van der Waals surface area contributed by atoms with Crippen LogP contribution in [-0.4, -0.2) is 38.1 Å². The Labute approximate surface area is 153 Å². The molecule has 2 aromatic carbocycles. The lowest BCUT2D eigenvalue weighted by Crippen LogP contribution is -2.44. The second-order valence-electron chi connectivity index (χ2n) is 5.65. The average Bonchev–Trinajstić information content (AvgIpc) is 3.00. The summed E-state index contributed by atoms with van der Waals surface area (Å²) in [5.74, 6) is 0. The SMILES string of the molecule is O=C(O)N(CCc1c[nH]c2cccc(Br)c12)N(O)Cc1ccccc1. The zero-order valence-electron chi connectivity index (χ0n) is 13.4. The molecule has 7 heteroatoms. The lowest BCUT2D eigenvalue weighted by Gasteiger charge is -2.27. The lowest BCUT2D eigenvalue weighted by molar-refractivity contribution is -0.233. The number of benzene rings is 2. The predicted octanol–water partition coefficient (Wildman–Crippen LogP) is 4.26. The number of carbonyl (C=O) groups is 1. The number of hydroxylamine groups is 1. The summed E-state index contributed by atoms with van der Waals surface area (Å²) < 4.78 is 0.952. The van der Waals surface area contributed by atoms with Crippen molar-refractivity contribution < 1.29 is 15.1 Å². The molecule has 130 valence electrons. The van der Waals surface area contributed by atoms with Crippen molar-refractivity contribution in [2.75, 3.05) is 6.54 Å². The third-order valence-corrected chi connectivity index (χ3v) is 4.66. The van der Waals surface area contributed by atoms with Gasteiger partial charge in [0, 0.05) is 28.1 Å². The fraction of sp³-hybridized carbons (Fsp3) is 0.167. The van der Waals surface area contributed by atoms with Crippen LogP contribution in [0.4, 0.5) is 4.79 Å². The number of amides is 1. The van der Waals surface area contributed by atoms with E-state index in [1.807, 2.05) is 54.7 Å². The second kappa shape index (κ2) is 7.69. The van der Waals surface area contributed by atoms with E-state index in [2.05, 4.69) is 20.9 Å². The van der Waals surface area contributed by atoms with E-state index in [1.54, 1.807) is 0 Å².